The molecule has 0 spiro atoms. The first-order chi connectivity index (χ1) is 73.4. The van der Waals surface area contributed by atoms with Crippen LogP contribution in [0.5, 0.6) is 23.0 Å². The fourth-order valence-corrected chi connectivity index (χ4v) is 25.7. The van der Waals surface area contributed by atoms with E-state index in [9.17, 15) is 10.5 Å². The maximum atomic E-state index is 15.7. The van der Waals surface area contributed by atoms with Crippen LogP contribution in [-0.4, -0.2) is 38.0 Å². The number of ketones is 2. The molecule has 0 fully saturated rings. The second-order valence-corrected chi connectivity index (χ2v) is 44.2. The van der Waals surface area contributed by atoms with Crippen molar-refractivity contribution in [2.24, 2.45) is 5.92 Å². The molecule has 0 aliphatic heterocycles. The van der Waals surface area contributed by atoms with Crippen molar-refractivity contribution in [3.63, 3.8) is 0 Å². The van der Waals surface area contributed by atoms with Crippen molar-refractivity contribution in [1.29, 1.82) is 10.5 Å². The number of hydrogen-bond acceptors (Lipinski definition) is 10. The van der Waals surface area contributed by atoms with Crippen molar-refractivity contribution >= 4 is 51.5 Å². The predicted molar refractivity (Wildman–Crippen MR) is 609 cm³/mol. The van der Waals surface area contributed by atoms with Crippen LogP contribution in [0.1, 0.15) is 422 Å². The first kappa shape index (κ1) is 112. The van der Waals surface area contributed by atoms with Gasteiger partial charge >= 0.3 is 0 Å². The highest BCUT2D eigenvalue weighted by Crippen LogP contribution is 2.67. The molecular formula is C134H152F4N4O6S2. The molecule has 0 N–H and O–H groups in total. The molecule has 2 heterocycles. The number of benzene rings is 9. The van der Waals surface area contributed by atoms with E-state index in [1.165, 1.54) is 22.3 Å². The van der Waals surface area contributed by atoms with Gasteiger partial charge in [-0.15, -0.1) is 22.7 Å². The summed E-state index contributed by atoms with van der Waals surface area (Å²) in [7, 11) is 0. The highest BCUT2D eigenvalue weighted by molar-refractivity contribution is 7.19. The number of thiophene rings is 2. The van der Waals surface area contributed by atoms with E-state index < -0.39 is 57.3 Å². The van der Waals surface area contributed by atoms with Crippen molar-refractivity contribution in [3.05, 3.63) is 333 Å². The Morgan fingerprint density at radius 1 is 0.340 bits per heavy atom. The van der Waals surface area contributed by atoms with E-state index in [1.807, 2.05) is 24.3 Å². The number of allylic oxidation sites excluding steroid dienone is 5. The minimum absolute atomic E-state index is 0.0282. The van der Waals surface area contributed by atoms with Crippen molar-refractivity contribution < 1.29 is 46.1 Å². The third-order valence-electron chi connectivity index (χ3n) is 31.4. The third kappa shape index (κ3) is 25.4. The first-order valence-corrected chi connectivity index (χ1v) is 58.6. The van der Waals surface area contributed by atoms with Gasteiger partial charge in [0.05, 0.1) is 62.5 Å². The lowest BCUT2D eigenvalue weighted by Gasteiger charge is -2.36. The molecule has 784 valence electrons. The van der Waals surface area contributed by atoms with E-state index in [1.54, 1.807) is 28.7 Å². The molecule has 0 bridgehead atoms. The molecule has 0 saturated carbocycles. The smallest absolute Gasteiger partial charge is 0.270 e. The summed E-state index contributed by atoms with van der Waals surface area (Å²) in [5.41, 5.74) is 15.7. The fraction of sp³-hybridized carbons (Fsp3) is 0.448. The van der Waals surface area contributed by atoms with Gasteiger partial charge in [-0.05, 0) is 262 Å². The second-order valence-electron chi connectivity index (χ2n) is 42.1. The average molecular weight is 2050 g/mol. The average Bonchev–Trinajstić information content (AvgIpc) is 1.50. The van der Waals surface area contributed by atoms with E-state index in [0.717, 1.165) is 393 Å². The highest BCUT2D eigenvalue weighted by atomic mass is 32.1. The topological polar surface area (TPSA) is 127 Å². The van der Waals surface area contributed by atoms with Gasteiger partial charge in [0.1, 0.15) is 23.0 Å². The zero-order valence-corrected chi connectivity index (χ0v) is 91.7. The number of aryl methyl sites for hydroxylation is 4. The van der Waals surface area contributed by atoms with Gasteiger partial charge in [-0.1, -0.05) is 358 Å². The number of unbranched alkanes of at least 4 members (excludes halogenated alkanes) is 32. The van der Waals surface area contributed by atoms with Crippen LogP contribution >= 0.6 is 22.7 Å². The monoisotopic (exact) mass is 2050 g/mol. The number of Topliss-reactive ketones (excluding diaryl/α,β-unsaturated/α-hetero) is 2. The van der Waals surface area contributed by atoms with Crippen LogP contribution in [-0.2, 0) is 42.9 Å². The molecule has 1 atom stereocenters. The lowest BCUT2D eigenvalue weighted by atomic mass is 9.65. The van der Waals surface area contributed by atoms with Crippen molar-refractivity contribution in [2.45, 2.75) is 355 Å². The van der Waals surface area contributed by atoms with Gasteiger partial charge in [-0.3, -0.25) is 9.59 Å². The molecule has 2 aromatic heterocycles. The van der Waals surface area contributed by atoms with Crippen molar-refractivity contribution in [3.8, 4) is 76.9 Å². The number of ether oxygens (including phenoxy) is 4. The quantitative estimate of drug-likeness (QED) is 0.0121. The summed E-state index contributed by atoms with van der Waals surface area (Å²) in [6.45, 7) is 36.0. The molecule has 0 amide bonds. The van der Waals surface area contributed by atoms with Crippen LogP contribution in [0.15, 0.2) is 187 Å². The predicted octanol–water partition coefficient (Wildman–Crippen LogP) is 38.5. The molecule has 16 heteroatoms. The largest absolute Gasteiger partial charge is 0.493 e. The third-order valence-corrected chi connectivity index (χ3v) is 33.8. The van der Waals surface area contributed by atoms with Gasteiger partial charge in [-0.25, -0.2) is 37.8 Å². The normalized spacial score (nSPS) is 14.7. The summed E-state index contributed by atoms with van der Waals surface area (Å²) in [5, 5.41) is 21.5. The Balaban J connectivity index is 1.03. The zero-order valence-electron chi connectivity index (χ0n) is 90.0. The molecule has 0 saturated heterocycles. The molecule has 4 aliphatic carbocycles. The van der Waals surface area contributed by atoms with E-state index in [-0.39, 0.29) is 51.1 Å². The summed E-state index contributed by atoms with van der Waals surface area (Å²) in [6, 6.07) is 64.0. The Bertz CT molecular complexity index is 6620. The van der Waals surface area contributed by atoms with Gasteiger partial charge in [0.15, 0.2) is 34.8 Å². The Morgan fingerprint density at radius 2 is 0.660 bits per heavy atom. The molecule has 10 nitrogen and oxygen atoms in total. The first-order valence-electron chi connectivity index (χ1n) is 57.0. The SMILES string of the molecule is [C-]#[N+]C(C#N)=C1/C(=C/c2cc(OCCCCCCCC)c(-c3cc4c(s3)-c3cc5c(cc3C4(c3ccc(CCCCCC)cc3)c3ccc(CCCCCC)cc3)-c3sc(-c4cc(OCCCCCCCC)c(CC6C(=O)c7cc(F)c(F)cc7/C6=C(/C#N)[N+]#[C-])cc4OCCCCCCCC)cc3C5(c3ccc(CCCCCC)cc3)c3ccc(CCCCCC)cc3)cc2OCCCCCCCC)C(=O)c2cc(F)c(F)cc21. The van der Waals surface area contributed by atoms with Crippen LogP contribution < -0.4 is 18.9 Å². The van der Waals surface area contributed by atoms with Gasteiger partial charge in [0, 0.05) is 64.4 Å². The van der Waals surface area contributed by atoms with Gasteiger partial charge < -0.3 is 18.9 Å². The number of fused-ring (bicyclic) bond motifs is 8. The minimum atomic E-state index is -1.22. The van der Waals surface area contributed by atoms with Crippen molar-refractivity contribution in [2.75, 3.05) is 26.4 Å². The summed E-state index contributed by atoms with van der Waals surface area (Å²) in [4.78, 5) is 41.7. The molecule has 15 rings (SSSR count). The van der Waals surface area contributed by atoms with Crippen molar-refractivity contribution in [1.82, 2.24) is 0 Å². The number of halogens is 4. The van der Waals surface area contributed by atoms with E-state index >= 15 is 27.2 Å². The number of hydrogen-bond donors (Lipinski definition) is 0. The summed E-state index contributed by atoms with van der Waals surface area (Å²) in [6.07, 6.45) is 47.5. The zero-order chi connectivity index (χ0) is 105. The number of rotatable bonds is 61. The highest BCUT2D eigenvalue weighted by Gasteiger charge is 2.54. The summed E-state index contributed by atoms with van der Waals surface area (Å²) < 4.78 is 91.6. The van der Waals surface area contributed by atoms with E-state index in [2.05, 4.69) is 199 Å². The molecule has 9 aromatic carbocycles. The lowest BCUT2D eigenvalue weighted by molar-refractivity contribution is 0.0956. The maximum Gasteiger partial charge on any atom is 0.270 e. The number of carbonyl (C=O) groups excluding carboxylic acids is 2. The number of nitrogens with zero attached hydrogens (tertiary/aromatic N) is 4. The number of carbonyl (C=O) groups is 2. The molecule has 150 heavy (non-hydrogen) atoms. The standard InChI is InChI=1S/C134H152F4N4O6S2/c1-11-19-27-35-39-47-71-145-121-85-107(123(147-73-49-41-37-29-21-13-3)77-95(121)75-109-127(119(89-139)141-9)101-81-115(135)117(137)83-103(101)129(109)143)125-87-113-131(149-125)105-79-112-106(80-111(105)133(113,97-63-55-91(56-64-97)51-43-31-23-15-5)98-65-57-92(58-66-98)52-44-32-24-16-6)132-114(134(112,99-67-59-93(60-68-99)53-45-33-25-17-7)100-69-61-94(62-70-100)54-46-34-26-18-8)88-126(150-132)108-86-122(146-72-48-40-36-28-20-12-2)96(78-124(108)148-74-50-42-38-30-22-14-4)76-110-128(120(90-140)142-10)102-82-116(136)118(138)84-104(102)130(110)144/h55-70,75,77-88,110H,11-54,71-74,76H2,1-8H3/b109-75-,127-119?,128-120+. The summed E-state index contributed by atoms with van der Waals surface area (Å²) in [5.74, 6) is -5.08. The van der Waals surface area contributed by atoms with Crippen LogP contribution in [0, 0.1) is 65.0 Å². The lowest BCUT2D eigenvalue weighted by Crippen LogP contribution is -2.30. The molecule has 4 aliphatic rings. The minimum Gasteiger partial charge on any atom is -0.493 e. The van der Waals surface area contributed by atoms with E-state index in [4.69, 9.17) is 32.1 Å². The molecular weight excluding hydrogens is 1900 g/mol. The van der Waals surface area contributed by atoms with Gasteiger partial charge in [0.25, 0.3) is 11.4 Å². The molecule has 1 unspecified atom stereocenters. The van der Waals surface area contributed by atoms with E-state index in [0.29, 0.717) is 60.6 Å². The Kier molecular flexibility index (Phi) is 41.2. The number of nitriles is 2. The second kappa shape index (κ2) is 55.2. The molecule has 0 radical (unpaired) electrons. The van der Waals surface area contributed by atoms with Crippen LogP contribution in [0.2, 0.25) is 0 Å². The fourth-order valence-electron chi connectivity index (χ4n) is 23.1. The maximum absolute atomic E-state index is 15.7. The Labute approximate surface area is 899 Å². The molecule has 11 aromatic rings. The van der Waals surface area contributed by atoms with Gasteiger partial charge in [-0.2, -0.15) is 0 Å². The van der Waals surface area contributed by atoms with Crippen LogP contribution in [0.4, 0.5) is 17.6 Å². The van der Waals surface area contributed by atoms with Crippen LogP contribution in [0.3, 0.4) is 0 Å². The Morgan fingerprint density at radius 3 is 1.03 bits per heavy atom. The Hall–Kier alpha value is -12.2. The summed E-state index contributed by atoms with van der Waals surface area (Å²) >= 11 is 3.49. The van der Waals surface area contributed by atoms with Crippen LogP contribution in [0.25, 0.3) is 68.7 Å². The van der Waals surface area contributed by atoms with Gasteiger partial charge in [0.2, 0.25) is 0 Å².